The number of amides is 2. The van der Waals surface area contributed by atoms with Crippen molar-refractivity contribution in [3.63, 3.8) is 0 Å². The Morgan fingerprint density at radius 1 is 1.22 bits per heavy atom. The Morgan fingerprint density at radius 3 is 2.70 bits per heavy atom. The van der Waals surface area contributed by atoms with Gasteiger partial charge in [-0.15, -0.1) is 0 Å². The van der Waals surface area contributed by atoms with Crippen molar-refractivity contribution in [3.05, 3.63) is 59.4 Å². The number of para-hydroxylation sites is 1. The van der Waals surface area contributed by atoms with Crippen molar-refractivity contribution in [1.82, 2.24) is 15.5 Å². The van der Waals surface area contributed by atoms with Crippen LogP contribution in [-0.4, -0.2) is 62.5 Å². The lowest BCUT2D eigenvalue weighted by Crippen LogP contribution is -2.53. The molecule has 204 valence electrons. The summed E-state index contributed by atoms with van der Waals surface area (Å²) in [6, 6.07) is 12.2. The number of carbonyl (C=O) groups excluding carboxylic acids is 1. The number of hydrogen-bond donors (Lipinski definition) is 3. The highest BCUT2D eigenvalue weighted by molar-refractivity contribution is 5.74. The number of likely N-dealkylation sites (N-methyl/N-ethyl adjacent to an activating group) is 1. The van der Waals surface area contributed by atoms with Crippen molar-refractivity contribution in [2.75, 3.05) is 40.4 Å². The summed E-state index contributed by atoms with van der Waals surface area (Å²) in [6.45, 7) is 6.02. The summed E-state index contributed by atoms with van der Waals surface area (Å²) in [4.78, 5) is 14.7. The minimum atomic E-state index is -1.46. The van der Waals surface area contributed by atoms with Crippen LogP contribution in [0.1, 0.15) is 50.2 Å². The normalized spacial score (nSPS) is 18.2. The molecule has 0 bridgehead atoms. The number of rotatable bonds is 12. The van der Waals surface area contributed by atoms with Crippen LogP contribution in [0.25, 0.3) is 0 Å². The Morgan fingerprint density at radius 2 is 1.97 bits per heavy atom. The first-order valence-corrected chi connectivity index (χ1v) is 13.2. The van der Waals surface area contributed by atoms with E-state index in [0.717, 1.165) is 18.4 Å². The minimum absolute atomic E-state index is 0.0291. The maximum absolute atomic E-state index is 16.0. The minimum Gasteiger partial charge on any atom is -0.454 e. The first-order chi connectivity index (χ1) is 17.8. The average Bonchev–Trinajstić information content (AvgIpc) is 2.89. The zero-order valence-corrected chi connectivity index (χ0v) is 22.6. The zero-order chi connectivity index (χ0) is 26.8. The van der Waals surface area contributed by atoms with Gasteiger partial charge in [0.15, 0.2) is 11.6 Å². The van der Waals surface area contributed by atoms with Gasteiger partial charge >= 0.3 is 6.03 Å². The van der Waals surface area contributed by atoms with E-state index in [9.17, 15) is 9.90 Å². The fourth-order valence-corrected chi connectivity index (χ4v) is 5.12. The van der Waals surface area contributed by atoms with Gasteiger partial charge in [-0.25, -0.2) is 9.18 Å². The van der Waals surface area contributed by atoms with Gasteiger partial charge < -0.3 is 30.1 Å². The molecule has 0 radical (unpaired) electrons. The van der Waals surface area contributed by atoms with Crippen molar-refractivity contribution in [2.24, 2.45) is 5.92 Å². The van der Waals surface area contributed by atoms with Gasteiger partial charge in [0.2, 0.25) is 0 Å². The molecule has 1 aliphatic rings. The number of nitrogens with one attached hydrogen (secondary N) is 2. The quantitative estimate of drug-likeness (QED) is 0.348. The first kappa shape index (κ1) is 28.9. The van der Waals surface area contributed by atoms with E-state index in [4.69, 9.17) is 9.47 Å². The Labute approximate surface area is 220 Å². The second-order valence-corrected chi connectivity index (χ2v) is 10.1. The molecule has 1 aliphatic heterocycles. The summed E-state index contributed by atoms with van der Waals surface area (Å²) in [5, 5.41) is 18.3. The molecule has 0 spiro atoms. The number of likely N-dealkylation sites (tertiary alicyclic amines) is 1. The smallest absolute Gasteiger partial charge is 0.317 e. The van der Waals surface area contributed by atoms with Crippen molar-refractivity contribution < 1.29 is 23.8 Å². The molecule has 1 heterocycles. The summed E-state index contributed by atoms with van der Waals surface area (Å²) >= 11 is 0. The highest BCUT2D eigenvalue weighted by atomic mass is 19.1. The monoisotopic (exact) mass is 515 g/mol. The molecule has 3 atom stereocenters. The molecular formula is C29H42FN3O4. The molecule has 0 aliphatic carbocycles. The van der Waals surface area contributed by atoms with Crippen LogP contribution >= 0.6 is 0 Å². The molecule has 3 rings (SSSR count). The summed E-state index contributed by atoms with van der Waals surface area (Å²) in [5.41, 5.74) is -0.353. The fraction of sp³-hybridized carbons (Fsp3) is 0.552. The second-order valence-electron chi connectivity index (χ2n) is 10.1. The predicted octanol–water partition coefficient (Wildman–Crippen LogP) is 4.96. The molecule has 3 N–H and O–H groups in total. The molecule has 1 fully saturated rings. The molecule has 8 heteroatoms. The maximum atomic E-state index is 16.0. The van der Waals surface area contributed by atoms with E-state index < -0.39 is 11.4 Å². The standard InChI is InChI=1S/C29H42FN3O4/c1-21-11-5-6-14-25(21)37-26-15-9-13-24(27(26)30)29(35,16-7-8-18-36-4)23-12-10-17-33(20-23)28(34)32-22(2)19-31-3/h5-6,9,11,13-15,22-23,31,35H,7-8,10,12,16-20H2,1-4H3,(H,32,34). The lowest BCUT2D eigenvalue weighted by Gasteiger charge is -2.43. The van der Waals surface area contributed by atoms with E-state index in [1.165, 1.54) is 0 Å². The number of nitrogens with zero attached hydrogens (tertiary/aromatic N) is 1. The van der Waals surface area contributed by atoms with Crippen molar-refractivity contribution in [1.29, 1.82) is 0 Å². The Kier molecular flexibility index (Phi) is 10.7. The highest BCUT2D eigenvalue weighted by Crippen LogP contribution is 2.43. The number of hydrogen-bond acceptors (Lipinski definition) is 5. The average molecular weight is 516 g/mol. The molecule has 2 amide bonds. The molecule has 0 saturated carbocycles. The van der Waals surface area contributed by atoms with Crippen molar-refractivity contribution >= 4 is 6.03 Å². The number of benzene rings is 2. The highest BCUT2D eigenvalue weighted by Gasteiger charge is 2.43. The van der Waals surface area contributed by atoms with Crippen LogP contribution in [0.4, 0.5) is 9.18 Å². The van der Waals surface area contributed by atoms with E-state index in [0.29, 0.717) is 51.3 Å². The van der Waals surface area contributed by atoms with E-state index in [1.54, 1.807) is 36.3 Å². The lowest BCUT2D eigenvalue weighted by molar-refractivity contribution is -0.0589. The Balaban J connectivity index is 1.89. The number of unbranched alkanes of at least 4 members (excludes halogenated alkanes) is 1. The lowest BCUT2D eigenvalue weighted by atomic mass is 9.74. The van der Waals surface area contributed by atoms with Gasteiger partial charge in [-0.3, -0.25) is 0 Å². The first-order valence-electron chi connectivity index (χ1n) is 13.2. The van der Waals surface area contributed by atoms with E-state index in [2.05, 4.69) is 10.6 Å². The summed E-state index contributed by atoms with van der Waals surface area (Å²) < 4.78 is 27.2. The van der Waals surface area contributed by atoms with Crippen LogP contribution < -0.4 is 15.4 Å². The molecule has 7 nitrogen and oxygen atoms in total. The number of halogens is 1. The Hall–Kier alpha value is -2.68. The third kappa shape index (κ3) is 7.43. The largest absolute Gasteiger partial charge is 0.454 e. The molecule has 0 aromatic heterocycles. The van der Waals surface area contributed by atoms with E-state index in [1.807, 2.05) is 39.1 Å². The van der Waals surface area contributed by atoms with Crippen LogP contribution in [0, 0.1) is 18.7 Å². The fourth-order valence-electron chi connectivity index (χ4n) is 5.12. The molecule has 37 heavy (non-hydrogen) atoms. The number of methoxy groups -OCH3 is 1. The van der Waals surface area contributed by atoms with Gasteiger partial charge in [0.1, 0.15) is 5.75 Å². The third-order valence-corrected chi connectivity index (χ3v) is 7.16. The SMILES string of the molecule is CNCC(C)NC(=O)N1CCCC(C(O)(CCCCOC)c2cccc(Oc3ccccc3C)c2F)C1. The van der Waals surface area contributed by atoms with Gasteiger partial charge in [0.25, 0.3) is 0 Å². The van der Waals surface area contributed by atoms with Gasteiger partial charge in [0.05, 0.1) is 5.60 Å². The van der Waals surface area contributed by atoms with E-state index in [-0.39, 0.29) is 29.3 Å². The predicted molar refractivity (Wildman–Crippen MR) is 143 cm³/mol. The Bertz CT molecular complexity index is 1020. The molecule has 2 aromatic carbocycles. The van der Waals surface area contributed by atoms with Gasteiger partial charge in [-0.05, 0) is 70.7 Å². The van der Waals surface area contributed by atoms with Crippen molar-refractivity contribution in [2.45, 2.75) is 57.6 Å². The number of piperidine rings is 1. The summed E-state index contributed by atoms with van der Waals surface area (Å²) in [6.07, 6.45) is 3.20. The van der Waals surface area contributed by atoms with Gasteiger partial charge in [-0.1, -0.05) is 30.3 Å². The molecule has 3 unspecified atom stereocenters. The molecular weight excluding hydrogens is 473 g/mol. The summed E-state index contributed by atoms with van der Waals surface area (Å²) in [5.74, 6) is -0.242. The number of urea groups is 1. The van der Waals surface area contributed by atoms with Crippen LogP contribution in [0.3, 0.4) is 0 Å². The third-order valence-electron chi connectivity index (χ3n) is 7.16. The maximum Gasteiger partial charge on any atom is 0.317 e. The van der Waals surface area contributed by atoms with Crippen molar-refractivity contribution in [3.8, 4) is 11.5 Å². The number of aliphatic hydroxyl groups is 1. The second kappa shape index (κ2) is 13.7. The van der Waals surface area contributed by atoms with Gasteiger partial charge in [-0.2, -0.15) is 0 Å². The molecule has 1 saturated heterocycles. The van der Waals surface area contributed by atoms with Crippen LogP contribution in [0.5, 0.6) is 11.5 Å². The van der Waals surface area contributed by atoms with Crippen LogP contribution in [0.15, 0.2) is 42.5 Å². The zero-order valence-electron chi connectivity index (χ0n) is 22.6. The van der Waals surface area contributed by atoms with E-state index >= 15 is 4.39 Å². The van der Waals surface area contributed by atoms with Crippen LogP contribution in [0.2, 0.25) is 0 Å². The van der Waals surface area contributed by atoms with Gasteiger partial charge in [0, 0.05) is 50.9 Å². The van der Waals surface area contributed by atoms with Crippen LogP contribution in [-0.2, 0) is 10.3 Å². The summed E-state index contributed by atoms with van der Waals surface area (Å²) in [7, 11) is 3.49. The topological polar surface area (TPSA) is 83.1 Å². The number of aryl methyl sites for hydroxylation is 1. The molecule has 2 aromatic rings. The number of ether oxygens (including phenoxy) is 2. The number of carbonyl (C=O) groups is 1.